The van der Waals surface area contributed by atoms with E-state index in [1.165, 1.54) is 7.11 Å². The van der Waals surface area contributed by atoms with Gasteiger partial charge >= 0.3 is 0 Å². The summed E-state index contributed by atoms with van der Waals surface area (Å²) in [5.41, 5.74) is 2.26. The highest BCUT2D eigenvalue weighted by Crippen LogP contribution is 2.24. The second-order valence-electron chi connectivity index (χ2n) is 4.79. The van der Waals surface area contributed by atoms with Crippen LogP contribution in [0, 0.1) is 5.92 Å². The van der Waals surface area contributed by atoms with E-state index < -0.39 is 6.10 Å². The standard InChI is InChI=1S/C14H20N2O3/c1-19-9-12(17)8-16-14(18)11-6-10-4-2-3-5-13(10)15-7-11/h2-5,11-12,15,17H,6-9H2,1H3,(H,16,18). The molecule has 3 N–H and O–H groups in total. The SMILES string of the molecule is COCC(O)CNC(=O)C1CNc2ccccc2C1. The number of nitrogens with one attached hydrogen (secondary N) is 2. The fraction of sp³-hybridized carbons (Fsp3) is 0.500. The highest BCUT2D eigenvalue weighted by molar-refractivity contribution is 5.80. The zero-order valence-corrected chi connectivity index (χ0v) is 11.1. The van der Waals surface area contributed by atoms with E-state index in [1.54, 1.807) is 0 Å². The molecule has 2 atom stereocenters. The molecule has 0 spiro atoms. The number of aliphatic hydroxyl groups excluding tert-OH is 1. The van der Waals surface area contributed by atoms with E-state index in [2.05, 4.69) is 10.6 Å². The maximum atomic E-state index is 12.0. The van der Waals surface area contributed by atoms with Crippen molar-refractivity contribution in [2.75, 3.05) is 32.1 Å². The number of aliphatic hydroxyl groups is 1. The molecule has 1 heterocycles. The lowest BCUT2D eigenvalue weighted by Gasteiger charge is -2.25. The van der Waals surface area contributed by atoms with E-state index in [0.29, 0.717) is 6.54 Å². The van der Waals surface area contributed by atoms with Gasteiger partial charge in [-0.2, -0.15) is 0 Å². The molecule has 0 radical (unpaired) electrons. The number of ether oxygens (including phenoxy) is 1. The summed E-state index contributed by atoms with van der Waals surface area (Å²) in [4.78, 5) is 12.0. The summed E-state index contributed by atoms with van der Waals surface area (Å²) in [6.07, 6.45) is 0.0767. The lowest BCUT2D eigenvalue weighted by molar-refractivity contribution is -0.125. The van der Waals surface area contributed by atoms with Crippen molar-refractivity contribution in [3.8, 4) is 0 Å². The van der Waals surface area contributed by atoms with Crippen LogP contribution in [0.1, 0.15) is 5.56 Å². The molecular formula is C14H20N2O3. The number of rotatable bonds is 5. The number of amides is 1. The molecule has 1 aromatic rings. The van der Waals surface area contributed by atoms with E-state index in [9.17, 15) is 9.90 Å². The molecule has 0 bridgehead atoms. The summed E-state index contributed by atoms with van der Waals surface area (Å²) >= 11 is 0. The molecule has 1 aliphatic heterocycles. The smallest absolute Gasteiger partial charge is 0.225 e. The first-order chi connectivity index (χ1) is 9.20. The molecule has 0 aromatic heterocycles. The maximum Gasteiger partial charge on any atom is 0.225 e. The summed E-state index contributed by atoms with van der Waals surface area (Å²) in [7, 11) is 1.52. The van der Waals surface area contributed by atoms with Gasteiger partial charge in [-0.3, -0.25) is 4.79 Å². The number of para-hydroxylation sites is 1. The Labute approximate surface area is 113 Å². The Bertz CT molecular complexity index is 436. The quantitative estimate of drug-likeness (QED) is 0.720. The van der Waals surface area contributed by atoms with Gasteiger partial charge in [0.2, 0.25) is 5.91 Å². The van der Waals surface area contributed by atoms with Crippen molar-refractivity contribution >= 4 is 11.6 Å². The Kier molecular flexibility index (Phi) is 4.76. The van der Waals surface area contributed by atoms with Crippen LogP contribution in [0.3, 0.4) is 0 Å². The molecule has 0 fully saturated rings. The molecule has 0 aliphatic carbocycles. The Hall–Kier alpha value is -1.59. The predicted octanol–water partition coefficient (Wildman–Crippen LogP) is 0.394. The topological polar surface area (TPSA) is 70.6 Å². The molecule has 1 aromatic carbocycles. The fourth-order valence-electron chi connectivity index (χ4n) is 2.24. The Balaban J connectivity index is 1.85. The third-order valence-corrected chi connectivity index (χ3v) is 3.26. The van der Waals surface area contributed by atoms with Crippen LogP contribution in [0.2, 0.25) is 0 Å². The van der Waals surface area contributed by atoms with Gasteiger partial charge in [-0.25, -0.2) is 0 Å². The molecule has 0 saturated heterocycles. The second kappa shape index (κ2) is 6.54. The zero-order chi connectivity index (χ0) is 13.7. The Morgan fingerprint density at radius 2 is 2.37 bits per heavy atom. The first-order valence-corrected chi connectivity index (χ1v) is 6.47. The summed E-state index contributed by atoms with van der Waals surface area (Å²) in [6, 6.07) is 8.00. The van der Waals surface area contributed by atoms with Crippen molar-refractivity contribution in [1.29, 1.82) is 0 Å². The molecular weight excluding hydrogens is 244 g/mol. The first-order valence-electron chi connectivity index (χ1n) is 6.47. The summed E-state index contributed by atoms with van der Waals surface area (Å²) in [5, 5.41) is 15.5. The average Bonchev–Trinajstić information content (AvgIpc) is 2.44. The van der Waals surface area contributed by atoms with E-state index in [-0.39, 0.29) is 25.0 Å². The van der Waals surface area contributed by atoms with Crippen molar-refractivity contribution in [3.63, 3.8) is 0 Å². The molecule has 19 heavy (non-hydrogen) atoms. The highest BCUT2D eigenvalue weighted by atomic mass is 16.5. The van der Waals surface area contributed by atoms with Crippen LogP contribution < -0.4 is 10.6 Å². The van der Waals surface area contributed by atoms with Gasteiger partial charge in [-0.05, 0) is 18.1 Å². The summed E-state index contributed by atoms with van der Waals surface area (Å²) < 4.78 is 4.81. The van der Waals surface area contributed by atoms with Crippen LogP contribution in [-0.2, 0) is 16.0 Å². The number of benzene rings is 1. The molecule has 5 heteroatoms. The minimum Gasteiger partial charge on any atom is -0.389 e. The fourth-order valence-corrected chi connectivity index (χ4v) is 2.24. The van der Waals surface area contributed by atoms with Crippen molar-refractivity contribution in [2.24, 2.45) is 5.92 Å². The highest BCUT2D eigenvalue weighted by Gasteiger charge is 2.24. The molecule has 0 saturated carbocycles. The van der Waals surface area contributed by atoms with Gasteiger partial charge < -0.3 is 20.5 Å². The number of carbonyl (C=O) groups is 1. The summed E-state index contributed by atoms with van der Waals surface area (Å²) in [6.45, 7) is 1.08. The van der Waals surface area contributed by atoms with Crippen molar-refractivity contribution in [2.45, 2.75) is 12.5 Å². The molecule has 5 nitrogen and oxygen atoms in total. The van der Waals surface area contributed by atoms with Gasteiger partial charge in [-0.1, -0.05) is 18.2 Å². The van der Waals surface area contributed by atoms with Crippen molar-refractivity contribution < 1.29 is 14.6 Å². The van der Waals surface area contributed by atoms with E-state index in [1.807, 2.05) is 24.3 Å². The monoisotopic (exact) mass is 264 g/mol. The largest absolute Gasteiger partial charge is 0.389 e. The Morgan fingerprint density at radius 3 is 3.16 bits per heavy atom. The van der Waals surface area contributed by atoms with Crippen LogP contribution in [-0.4, -0.2) is 43.9 Å². The molecule has 104 valence electrons. The van der Waals surface area contributed by atoms with Gasteiger partial charge in [0.1, 0.15) is 0 Å². The number of anilines is 1. The number of hydrogen-bond acceptors (Lipinski definition) is 4. The van der Waals surface area contributed by atoms with Gasteiger partial charge in [0, 0.05) is 25.9 Å². The third-order valence-electron chi connectivity index (χ3n) is 3.26. The minimum absolute atomic E-state index is 0.0304. The average molecular weight is 264 g/mol. The van der Waals surface area contributed by atoms with E-state index in [0.717, 1.165) is 17.7 Å². The molecule has 2 rings (SSSR count). The third kappa shape index (κ3) is 3.68. The number of hydrogen-bond donors (Lipinski definition) is 3. The van der Waals surface area contributed by atoms with Crippen LogP contribution >= 0.6 is 0 Å². The van der Waals surface area contributed by atoms with Gasteiger partial charge in [0.05, 0.1) is 18.6 Å². The van der Waals surface area contributed by atoms with Gasteiger partial charge in [0.15, 0.2) is 0 Å². The van der Waals surface area contributed by atoms with Crippen LogP contribution in [0.5, 0.6) is 0 Å². The van der Waals surface area contributed by atoms with Crippen molar-refractivity contribution in [1.82, 2.24) is 5.32 Å². The predicted molar refractivity (Wildman–Crippen MR) is 73.0 cm³/mol. The number of fused-ring (bicyclic) bond motifs is 1. The van der Waals surface area contributed by atoms with E-state index in [4.69, 9.17) is 4.74 Å². The second-order valence-corrected chi connectivity index (χ2v) is 4.79. The van der Waals surface area contributed by atoms with Crippen LogP contribution in [0.15, 0.2) is 24.3 Å². The lowest BCUT2D eigenvalue weighted by Crippen LogP contribution is -2.42. The summed E-state index contributed by atoms with van der Waals surface area (Å²) in [5.74, 6) is -0.123. The first kappa shape index (κ1) is 13.8. The van der Waals surface area contributed by atoms with E-state index >= 15 is 0 Å². The van der Waals surface area contributed by atoms with Gasteiger partial charge in [0.25, 0.3) is 0 Å². The maximum absolute atomic E-state index is 12.0. The zero-order valence-electron chi connectivity index (χ0n) is 11.1. The van der Waals surface area contributed by atoms with Crippen LogP contribution in [0.25, 0.3) is 0 Å². The van der Waals surface area contributed by atoms with Crippen LogP contribution in [0.4, 0.5) is 5.69 Å². The number of methoxy groups -OCH3 is 1. The normalized spacial score (nSPS) is 19.2. The van der Waals surface area contributed by atoms with Gasteiger partial charge in [-0.15, -0.1) is 0 Å². The number of carbonyl (C=O) groups excluding carboxylic acids is 1. The molecule has 1 aliphatic rings. The lowest BCUT2D eigenvalue weighted by atomic mass is 9.93. The minimum atomic E-state index is -0.655. The Morgan fingerprint density at radius 1 is 1.58 bits per heavy atom. The van der Waals surface area contributed by atoms with Crippen molar-refractivity contribution in [3.05, 3.63) is 29.8 Å². The molecule has 2 unspecified atom stereocenters. The molecule has 1 amide bonds.